The number of aromatic nitrogens is 2. The SMILES string of the molecule is COc1ccc(CN(C)C(=O)c2ccn(C3CCCNC3)n2)cc1C.Cl. The molecule has 1 unspecified atom stereocenters. The first-order valence-electron chi connectivity index (χ1n) is 8.73. The highest BCUT2D eigenvalue weighted by atomic mass is 35.5. The Balaban J connectivity index is 0.00000243. The quantitative estimate of drug-likeness (QED) is 0.869. The van der Waals surface area contributed by atoms with Gasteiger partial charge in [-0.25, -0.2) is 0 Å². The van der Waals surface area contributed by atoms with Gasteiger partial charge in [0.2, 0.25) is 0 Å². The fraction of sp³-hybridized carbons (Fsp3) is 0.474. The monoisotopic (exact) mass is 378 g/mol. The highest BCUT2D eigenvalue weighted by Crippen LogP contribution is 2.20. The molecule has 1 aromatic carbocycles. The second-order valence-electron chi connectivity index (χ2n) is 6.65. The van der Waals surface area contributed by atoms with Gasteiger partial charge in [-0.2, -0.15) is 5.10 Å². The van der Waals surface area contributed by atoms with E-state index in [2.05, 4.69) is 16.5 Å². The van der Waals surface area contributed by atoms with Crippen LogP contribution in [0.25, 0.3) is 0 Å². The maximum Gasteiger partial charge on any atom is 0.274 e. The van der Waals surface area contributed by atoms with Crippen molar-refractivity contribution in [1.29, 1.82) is 0 Å². The van der Waals surface area contributed by atoms with Gasteiger partial charge in [-0.05, 0) is 49.6 Å². The summed E-state index contributed by atoms with van der Waals surface area (Å²) in [6.45, 7) is 4.52. The van der Waals surface area contributed by atoms with E-state index in [9.17, 15) is 4.79 Å². The topological polar surface area (TPSA) is 59.4 Å². The summed E-state index contributed by atoms with van der Waals surface area (Å²) in [6, 6.07) is 8.13. The molecule has 0 saturated carbocycles. The number of hydrogen-bond donors (Lipinski definition) is 1. The molecule has 0 spiro atoms. The summed E-state index contributed by atoms with van der Waals surface area (Å²) < 4.78 is 7.21. The lowest BCUT2D eigenvalue weighted by atomic mass is 10.1. The number of aryl methyl sites for hydroxylation is 1. The maximum absolute atomic E-state index is 12.7. The van der Waals surface area contributed by atoms with Crippen LogP contribution in [0.1, 0.15) is 40.5 Å². The van der Waals surface area contributed by atoms with Crippen molar-refractivity contribution in [3.63, 3.8) is 0 Å². The third kappa shape index (κ3) is 4.56. The molecule has 26 heavy (non-hydrogen) atoms. The first-order valence-corrected chi connectivity index (χ1v) is 8.73. The molecule has 0 bridgehead atoms. The lowest BCUT2D eigenvalue weighted by molar-refractivity contribution is 0.0777. The summed E-state index contributed by atoms with van der Waals surface area (Å²) in [5, 5.41) is 7.88. The van der Waals surface area contributed by atoms with E-state index in [1.165, 1.54) is 0 Å². The molecule has 3 rings (SSSR count). The average Bonchev–Trinajstić information content (AvgIpc) is 3.12. The van der Waals surface area contributed by atoms with Gasteiger partial charge >= 0.3 is 0 Å². The standard InChI is InChI=1S/C19H26N4O2.ClH/c1-14-11-15(6-7-18(14)25-3)13-22(2)19(24)17-8-10-23(21-17)16-5-4-9-20-12-16;/h6-8,10-11,16,20H,4-5,9,12-13H2,1-3H3;1H. The Hall–Kier alpha value is -2.05. The number of hydrogen-bond acceptors (Lipinski definition) is 4. The maximum atomic E-state index is 12.7. The second kappa shape index (κ2) is 9.05. The molecule has 6 nitrogen and oxygen atoms in total. The zero-order chi connectivity index (χ0) is 17.8. The summed E-state index contributed by atoms with van der Waals surface area (Å²) in [5.41, 5.74) is 2.64. The van der Waals surface area contributed by atoms with Crippen molar-refractivity contribution in [2.75, 3.05) is 27.2 Å². The molecule has 1 fully saturated rings. The Labute approximate surface area is 160 Å². The van der Waals surface area contributed by atoms with Crippen LogP contribution in [0.2, 0.25) is 0 Å². The number of piperidine rings is 1. The van der Waals surface area contributed by atoms with Gasteiger partial charge < -0.3 is 15.0 Å². The van der Waals surface area contributed by atoms with E-state index in [1.54, 1.807) is 12.0 Å². The van der Waals surface area contributed by atoms with Crippen LogP contribution < -0.4 is 10.1 Å². The number of amides is 1. The fourth-order valence-electron chi connectivity index (χ4n) is 3.29. The smallest absolute Gasteiger partial charge is 0.274 e. The van der Waals surface area contributed by atoms with Crippen molar-refractivity contribution in [2.24, 2.45) is 0 Å². The summed E-state index contributed by atoms with van der Waals surface area (Å²) >= 11 is 0. The van der Waals surface area contributed by atoms with Crippen molar-refractivity contribution in [3.8, 4) is 5.75 Å². The lowest BCUT2D eigenvalue weighted by Gasteiger charge is -2.23. The van der Waals surface area contributed by atoms with Gasteiger partial charge in [0, 0.05) is 26.3 Å². The Morgan fingerprint density at radius 3 is 2.88 bits per heavy atom. The molecule has 1 atom stereocenters. The molecule has 142 valence electrons. The summed E-state index contributed by atoms with van der Waals surface area (Å²) in [5.74, 6) is 0.800. The molecule has 2 aromatic rings. The minimum atomic E-state index is -0.0593. The van der Waals surface area contributed by atoms with Gasteiger partial charge in [0.15, 0.2) is 0 Å². The number of carbonyl (C=O) groups is 1. The predicted molar refractivity (Wildman–Crippen MR) is 104 cm³/mol. The number of methoxy groups -OCH3 is 1. The predicted octanol–water partition coefficient (Wildman–Crippen LogP) is 2.82. The lowest BCUT2D eigenvalue weighted by Crippen LogP contribution is -2.32. The van der Waals surface area contributed by atoms with E-state index >= 15 is 0 Å². The molecule has 1 aromatic heterocycles. The normalized spacial score (nSPS) is 16.7. The van der Waals surface area contributed by atoms with Crippen LogP contribution in [-0.4, -0.2) is 47.8 Å². The Bertz CT molecular complexity index is 741. The van der Waals surface area contributed by atoms with E-state index in [-0.39, 0.29) is 18.3 Å². The molecule has 0 aliphatic carbocycles. The van der Waals surface area contributed by atoms with E-state index in [0.717, 1.165) is 42.8 Å². The Morgan fingerprint density at radius 1 is 1.42 bits per heavy atom. The van der Waals surface area contributed by atoms with Crippen LogP contribution in [-0.2, 0) is 6.54 Å². The van der Waals surface area contributed by atoms with Crippen LogP contribution in [0.3, 0.4) is 0 Å². The summed E-state index contributed by atoms with van der Waals surface area (Å²) in [6.07, 6.45) is 4.16. The number of rotatable bonds is 5. The van der Waals surface area contributed by atoms with Crippen molar-refractivity contribution >= 4 is 18.3 Å². The molecular weight excluding hydrogens is 352 g/mol. The molecular formula is C19H27ClN4O2. The molecule has 2 heterocycles. The number of nitrogens with zero attached hydrogens (tertiary/aromatic N) is 3. The van der Waals surface area contributed by atoms with E-state index < -0.39 is 0 Å². The average molecular weight is 379 g/mol. The third-order valence-electron chi connectivity index (χ3n) is 4.70. The molecule has 1 amide bonds. The highest BCUT2D eigenvalue weighted by molar-refractivity contribution is 5.92. The van der Waals surface area contributed by atoms with E-state index in [1.807, 2.05) is 43.0 Å². The summed E-state index contributed by atoms with van der Waals surface area (Å²) in [7, 11) is 3.47. The molecule has 1 aliphatic rings. The number of carbonyl (C=O) groups excluding carboxylic acids is 1. The molecule has 1 saturated heterocycles. The number of nitrogens with one attached hydrogen (secondary N) is 1. The second-order valence-corrected chi connectivity index (χ2v) is 6.65. The van der Waals surface area contributed by atoms with Crippen LogP contribution in [0, 0.1) is 6.92 Å². The van der Waals surface area contributed by atoms with Gasteiger partial charge in [0.25, 0.3) is 5.91 Å². The zero-order valence-corrected chi connectivity index (χ0v) is 16.4. The van der Waals surface area contributed by atoms with Gasteiger partial charge in [-0.15, -0.1) is 12.4 Å². The molecule has 0 radical (unpaired) electrons. The Morgan fingerprint density at radius 2 is 2.23 bits per heavy atom. The van der Waals surface area contributed by atoms with Gasteiger partial charge in [0.1, 0.15) is 11.4 Å². The third-order valence-corrected chi connectivity index (χ3v) is 4.70. The Kier molecular flexibility index (Phi) is 7.06. The van der Waals surface area contributed by atoms with Crippen molar-refractivity contribution in [2.45, 2.75) is 32.4 Å². The zero-order valence-electron chi connectivity index (χ0n) is 15.6. The van der Waals surface area contributed by atoms with Gasteiger partial charge in [-0.1, -0.05) is 12.1 Å². The fourth-order valence-corrected chi connectivity index (χ4v) is 3.29. The van der Waals surface area contributed by atoms with Gasteiger partial charge in [-0.3, -0.25) is 9.48 Å². The number of benzene rings is 1. The van der Waals surface area contributed by atoms with Crippen LogP contribution in [0.4, 0.5) is 0 Å². The van der Waals surface area contributed by atoms with Crippen LogP contribution in [0.5, 0.6) is 5.75 Å². The largest absolute Gasteiger partial charge is 0.496 e. The first-order chi connectivity index (χ1) is 12.1. The van der Waals surface area contributed by atoms with Crippen LogP contribution >= 0.6 is 12.4 Å². The minimum Gasteiger partial charge on any atom is -0.496 e. The molecule has 1 N–H and O–H groups in total. The van der Waals surface area contributed by atoms with Gasteiger partial charge in [0.05, 0.1) is 13.2 Å². The number of ether oxygens (including phenoxy) is 1. The number of halogens is 1. The first kappa shape index (κ1) is 20.3. The van der Waals surface area contributed by atoms with Crippen LogP contribution in [0.15, 0.2) is 30.5 Å². The van der Waals surface area contributed by atoms with E-state index in [0.29, 0.717) is 18.3 Å². The van der Waals surface area contributed by atoms with Crippen molar-refractivity contribution < 1.29 is 9.53 Å². The van der Waals surface area contributed by atoms with E-state index in [4.69, 9.17) is 4.74 Å². The highest BCUT2D eigenvalue weighted by Gasteiger charge is 2.19. The molecule has 7 heteroatoms. The van der Waals surface area contributed by atoms with Crippen molar-refractivity contribution in [1.82, 2.24) is 20.0 Å². The molecule has 1 aliphatic heterocycles. The minimum absolute atomic E-state index is 0. The van der Waals surface area contributed by atoms with Crippen molar-refractivity contribution in [3.05, 3.63) is 47.3 Å². The summed E-state index contributed by atoms with van der Waals surface area (Å²) in [4.78, 5) is 14.4.